The lowest BCUT2D eigenvalue weighted by Crippen LogP contribution is -1.76. The highest BCUT2D eigenvalue weighted by Gasteiger charge is 2.03. The van der Waals surface area contributed by atoms with Crippen molar-refractivity contribution in [1.29, 1.82) is 0 Å². The van der Waals surface area contributed by atoms with Crippen molar-refractivity contribution in [3.63, 3.8) is 0 Å². The molecule has 1 nitrogen and oxygen atoms in total. The van der Waals surface area contributed by atoms with Crippen LogP contribution in [0.1, 0.15) is 5.56 Å². The van der Waals surface area contributed by atoms with E-state index in [2.05, 4.69) is 31.9 Å². The van der Waals surface area contributed by atoms with Crippen LogP contribution >= 0.6 is 31.9 Å². The maximum atomic E-state index is 9.15. The molecule has 0 saturated carbocycles. The minimum atomic E-state index is 0.262. The van der Waals surface area contributed by atoms with Crippen LogP contribution in [0.2, 0.25) is 0 Å². The van der Waals surface area contributed by atoms with E-state index in [1.54, 1.807) is 6.07 Å². The number of hydrogen-bond donors (Lipinski definition) is 1. The molecule has 1 rings (SSSR count). The van der Waals surface area contributed by atoms with Gasteiger partial charge in [-0.15, -0.1) is 0 Å². The first kappa shape index (κ1) is 8.08. The van der Waals surface area contributed by atoms with Gasteiger partial charge in [0.25, 0.3) is 0 Å². The number of hydrogen-bond acceptors (Lipinski definition) is 1. The molecule has 54 valence electrons. The second-order valence-corrected chi connectivity index (χ2v) is 3.62. The molecule has 0 fully saturated rings. The lowest BCUT2D eigenvalue weighted by Gasteiger charge is -2.01. The number of rotatable bonds is 0. The maximum absolute atomic E-state index is 9.15. The van der Waals surface area contributed by atoms with E-state index in [1.807, 2.05) is 13.0 Å². The normalized spacial score (nSPS) is 9.90. The first-order valence-corrected chi connectivity index (χ1v) is 4.35. The molecule has 0 spiro atoms. The smallest absolute Gasteiger partial charge is 0.130 e. The van der Waals surface area contributed by atoms with Gasteiger partial charge in [-0.3, -0.25) is 0 Å². The van der Waals surface area contributed by atoms with Crippen molar-refractivity contribution >= 4 is 31.9 Å². The molecule has 1 aromatic carbocycles. The molecule has 0 atom stereocenters. The highest BCUT2D eigenvalue weighted by atomic mass is 79.9. The fourth-order valence-electron chi connectivity index (χ4n) is 0.636. The Morgan fingerprint density at radius 3 is 2.30 bits per heavy atom. The van der Waals surface area contributed by atoms with Crippen LogP contribution in [0, 0.1) is 6.92 Å². The van der Waals surface area contributed by atoms with Gasteiger partial charge in [0.15, 0.2) is 0 Å². The van der Waals surface area contributed by atoms with Gasteiger partial charge in [-0.05, 0) is 50.4 Å². The third-order valence-corrected chi connectivity index (χ3v) is 3.61. The summed E-state index contributed by atoms with van der Waals surface area (Å²) >= 11 is 6.56. The van der Waals surface area contributed by atoms with Gasteiger partial charge < -0.3 is 5.11 Å². The summed E-state index contributed by atoms with van der Waals surface area (Å²) < 4.78 is 1.63. The van der Waals surface area contributed by atoms with E-state index in [-0.39, 0.29) is 5.75 Å². The third kappa shape index (κ3) is 1.35. The monoisotopic (exact) mass is 264 g/mol. The standard InChI is InChI=1S/C7H6Br2O/c1-4-2-3-5(10)7(9)6(4)8/h2-3,10H,1H3. The molecule has 0 heterocycles. The van der Waals surface area contributed by atoms with E-state index in [9.17, 15) is 0 Å². The molecule has 0 unspecified atom stereocenters. The molecule has 0 amide bonds. The Morgan fingerprint density at radius 1 is 1.20 bits per heavy atom. The van der Waals surface area contributed by atoms with Crippen LogP contribution in [0.5, 0.6) is 5.75 Å². The number of benzene rings is 1. The SMILES string of the molecule is Cc1ccc(O)c(Br)c1Br. The third-order valence-electron chi connectivity index (χ3n) is 1.26. The summed E-state index contributed by atoms with van der Waals surface area (Å²) in [6.07, 6.45) is 0. The van der Waals surface area contributed by atoms with E-state index >= 15 is 0 Å². The van der Waals surface area contributed by atoms with Crippen LogP contribution in [-0.2, 0) is 0 Å². The predicted octanol–water partition coefficient (Wildman–Crippen LogP) is 3.23. The lowest BCUT2D eigenvalue weighted by molar-refractivity contribution is 0.471. The van der Waals surface area contributed by atoms with Crippen LogP contribution in [-0.4, -0.2) is 5.11 Å². The molecule has 10 heavy (non-hydrogen) atoms. The molecular weight excluding hydrogens is 260 g/mol. The fourth-order valence-corrected chi connectivity index (χ4v) is 1.42. The Labute approximate surface area is 76.3 Å². The van der Waals surface area contributed by atoms with Crippen molar-refractivity contribution in [3.8, 4) is 5.75 Å². The van der Waals surface area contributed by atoms with Gasteiger partial charge in [-0.2, -0.15) is 0 Å². The minimum Gasteiger partial charge on any atom is -0.507 e. The Kier molecular flexibility index (Phi) is 2.36. The number of phenols is 1. The van der Waals surface area contributed by atoms with Crippen molar-refractivity contribution in [2.45, 2.75) is 6.92 Å². The average molecular weight is 266 g/mol. The second kappa shape index (κ2) is 2.93. The van der Waals surface area contributed by atoms with Crippen molar-refractivity contribution in [3.05, 3.63) is 26.6 Å². The molecule has 1 aromatic rings. The predicted molar refractivity (Wildman–Crippen MR) is 48.2 cm³/mol. The van der Waals surface area contributed by atoms with Crippen molar-refractivity contribution in [2.75, 3.05) is 0 Å². The van der Waals surface area contributed by atoms with E-state index in [0.717, 1.165) is 10.0 Å². The van der Waals surface area contributed by atoms with Crippen LogP contribution in [0.3, 0.4) is 0 Å². The van der Waals surface area contributed by atoms with E-state index in [1.165, 1.54) is 0 Å². The Bertz CT molecular complexity index is 231. The molecule has 0 aromatic heterocycles. The van der Waals surface area contributed by atoms with Gasteiger partial charge in [0.1, 0.15) is 5.75 Å². The number of aryl methyl sites for hydroxylation is 1. The van der Waals surface area contributed by atoms with Crippen molar-refractivity contribution in [2.24, 2.45) is 0 Å². The molecular formula is C7H6Br2O. The quantitative estimate of drug-likeness (QED) is 0.764. The summed E-state index contributed by atoms with van der Waals surface area (Å²) in [6.45, 7) is 1.97. The molecule has 0 bridgehead atoms. The molecule has 0 aliphatic carbocycles. The molecule has 0 aliphatic rings. The molecule has 3 heteroatoms. The van der Waals surface area contributed by atoms with Gasteiger partial charge >= 0.3 is 0 Å². The summed E-state index contributed by atoms with van der Waals surface area (Å²) in [5.41, 5.74) is 1.10. The Hall–Kier alpha value is -0.0200. The van der Waals surface area contributed by atoms with Crippen LogP contribution in [0.4, 0.5) is 0 Å². The van der Waals surface area contributed by atoms with E-state index in [0.29, 0.717) is 4.47 Å². The van der Waals surface area contributed by atoms with E-state index in [4.69, 9.17) is 5.11 Å². The largest absolute Gasteiger partial charge is 0.507 e. The van der Waals surface area contributed by atoms with Crippen LogP contribution in [0.15, 0.2) is 21.1 Å². The average Bonchev–Trinajstić information content (AvgIpc) is 1.93. The van der Waals surface area contributed by atoms with Crippen molar-refractivity contribution < 1.29 is 5.11 Å². The Balaban J connectivity index is 3.34. The van der Waals surface area contributed by atoms with E-state index < -0.39 is 0 Å². The van der Waals surface area contributed by atoms with Crippen LogP contribution < -0.4 is 0 Å². The highest BCUT2D eigenvalue weighted by molar-refractivity contribution is 9.13. The zero-order valence-electron chi connectivity index (χ0n) is 5.36. The maximum Gasteiger partial charge on any atom is 0.130 e. The van der Waals surface area contributed by atoms with Gasteiger partial charge in [0, 0.05) is 4.47 Å². The zero-order chi connectivity index (χ0) is 7.72. The summed E-state index contributed by atoms with van der Waals surface area (Å²) in [5, 5.41) is 9.15. The van der Waals surface area contributed by atoms with Gasteiger partial charge in [0.2, 0.25) is 0 Å². The zero-order valence-corrected chi connectivity index (χ0v) is 8.53. The first-order chi connectivity index (χ1) is 4.63. The summed E-state index contributed by atoms with van der Waals surface area (Å²) in [4.78, 5) is 0. The first-order valence-electron chi connectivity index (χ1n) is 2.76. The number of aromatic hydroxyl groups is 1. The molecule has 0 radical (unpaired) electrons. The van der Waals surface area contributed by atoms with Gasteiger partial charge in [-0.25, -0.2) is 0 Å². The summed E-state index contributed by atoms with van der Waals surface area (Å²) in [5.74, 6) is 0.262. The lowest BCUT2D eigenvalue weighted by atomic mass is 10.2. The summed E-state index contributed by atoms with van der Waals surface area (Å²) in [6, 6.07) is 3.51. The minimum absolute atomic E-state index is 0.262. The topological polar surface area (TPSA) is 20.2 Å². The summed E-state index contributed by atoms with van der Waals surface area (Å²) in [7, 11) is 0. The van der Waals surface area contributed by atoms with Crippen LogP contribution in [0.25, 0.3) is 0 Å². The van der Waals surface area contributed by atoms with Gasteiger partial charge in [-0.1, -0.05) is 6.07 Å². The number of phenolic OH excluding ortho intramolecular Hbond substituents is 1. The fraction of sp³-hybridized carbons (Fsp3) is 0.143. The van der Waals surface area contributed by atoms with Crippen molar-refractivity contribution in [1.82, 2.24) is 0 Å². The molecule has 0 aliphatic heterocycles. The van der Waals surface area contributed by atoms with Gasteiger partial charge in [0.05, 0.1) is 4.47 Å². The molecule has 1 N–H and O–H groups in total. The highest BCUT2D eigenvalue weighted by Crippen LogP contribution is 2.33. The Morgan fingerprint density at radius 2 is 1.80 bits per heavy atom. The molecule has 0 saturated heterocycles. The second-order valence-electron chi connectivity index (χ2n) is 2.03. The number of halogens is 2.